The Balaban J connectivity index is 2.53. The Bertz CT molecular complexity index is 406. The maximum Gasteiger partial charge on any atom is 0.335 e. The molecule has 0 radical (unpaired) electrons. The van der Waals surface area contributed by atoms with Gasteiger partial charge in [0.25, 0.3) is 0 Å². The number of benzene rings is 1. The van der Waals surface area contributed by atoms with Crippen LogP contribution in [0.25, 0.3) is 0 Å². The zero-order chi connectivity index (χ0) is 12.7. The smallest absolute Gasteiger partial charge is 0.335 e. The highest BCUT2D eigenvalue weighted by Gasteiger charge is 2.05. The van der Waals surface area contributed by atoms with E-state index in [1.54, 1.807) is 12.1 Å². The van der Waals surface area contributed by atoms with Gasteiger partial charge in [0.15, 0.2) is 0 Å². The van der Waals surface area contributed by atoms with Crippen LogP contribution in [0.5, 0.6) is 0 Å². The standard InChI is InChI=1S/C11H14N2O4/c1-17-6-5-12-11(16)13-9-4-2-3-8(7-9)10(14)15/h2-4,7H,5-6H2,1H3,(H,14,15)(H2,12,13,16). The lowest BCUT2D eigenvalue weighted by atomic mass is 10.2. The van der Waals surface area contributed by atoms with Crippen LogP contribution in [0.4, 0.5) is 10.5 Å². The lowest BCUT2D eigenvalue weighted by molar-refractivity contribution is 0.0697. The summed E-state index contributed by atoms with van der Waals surface area (Å²) in [6, 6.07) is 5.62. The Morgan fingerprint density at radius 3 is 2.82 bits per heavy atom. The Kier molecular flexibility index (Phi) is 4.96. The quantitative estimate of drug-likeness (QED) is 0.671. The molecule has 0 saturated carbocycles. The van der Waals surface area contributed by atoms with E-state index in [0.717, 1.165) is 0 Å². The first-order valence-electron chi connectivity index (χ1n) is 5.00. The van der Waals surface area contributed by atoms with Crippen molar-refractivity contribution in [3.05, 3.63) is 29.8 Å². The molecule has 17 heavy (non-hydrogen) atoms. The number of methoxy groups -OCH3 is 1. The van der Waals surface area contributed by atoms with Gasteiger partial charge in [-0.05, 0) is 18.2 Å². The largest absolute Gasteiger partial charge is 0.478 e. The third-order valence-electron chi connectivity index (χ3n) is 1.96. The maximum atomic E-state index is 11.3. The highest BCUT2D eigenvalue weighted by molar-refractivity contribution is 5.93. The zero-order valence-corrected chi connectivity index (χ0v) is 9.40. The highest BCUT2D eigenvalue weighted by atomic mass is 16.5. The van der Waals surface area contributed by atoms with E-state index in [4.69, 9.17) is 9.84 Å². The molecule has 6 nitrogen and oxygen atoms in total. The van der Waals surface area contributed by atoms with E-state index in [0.29, 0.717) is 18.8 Å². The van der Waals surface area contributed by atoms with Gasteiger partial charge in [-0.1, -0.05) is 6.07 Å². The van der Waals surface area contributed by atoms with Crippen LogP contribution in [0.2, 0.25) is 0 Å². The van der Waals surface area contributed by atoms with Crippen molar-refractivity contribution >= 4 is 17.7 Å². The number of carbonyl (C=O) groups is 2. The van der Waals surface area contributed by atoms with Crippen LogP contribution in [0, 0.1) is 0 Å². The highest BCUT2D eigenvalue weighted by Crippen LogP contribution is 2.10. The molecular formula is C11H14N2O4. The van der Waals surface area contributed by atoms with Gasteiger partial charge in [0, 0.05) is 19.3 Å². The number of carboxylic acids is 1. The Morgan fingerprint density at radius 2 is 2.18 bits per heavy atom. The third kappa shape index (κ3) is 4.52. The number of carbonyl (C=O) groups excluding carboxylic acids is 1. The topological polar surface area (TPSA) is 87.7 Å². The summed E-state index contributed by atoms with van der Waals surface area (Å²) in [6.45, 7) is 0.809. The van der Waals surface area contributed by atoms with Gasteiger partial charge in [-0.2, -0.15) is 0 Å². The molecule has 2 amide bonds. The molecule has 0 aromatic heterocycles. The molecule has 0 unspecified atom stereocenters. The van der Waals surface area contributed by atoms with Crippen molar-refractivity contribution in [2.24, 2.45) is 0 Å². The average Bonchev–Trinajstić information content (AvgIpc) is 2.29. The van der Waals surface area contributed by atoms with Crippen LogP contribution in [0.3, 0.4) is 0 Å². The van der Waals surface area contributed by atoms with Crippen molar-refractivity contribution < 1.29 is 19.4 Å². The fraction of sp³-hybridized carbons (Fsp3) is 0.273. The molecule has 1 aromatic carbocycles. The summed E-state index contributed by atoms with van der Waals surface area (Å²) in [6.07, 6.45) is 0. The van der Waals surface area contributed by atoms with Gasteiger partial charge in [0.1, 0.15) is 0 Å². The van der Waals surface area contributed by atoms with Gasteiger partial charge in [0.05, 0.1) is 12.2 Å². The summed E-state index contributed by atoms with van der Waals surface area (Å²) in [5.41, 5.74) is 0.555. The van der Waals surface area contributed by atoms with E-state index in [2.05, 4.69) is 10.6 Å². The fourth-order valence-corrected chi connectivity index (χ4v) is 1.17. The molecule has 3 N–H and O–H groups in total. The molecule has 0 aliphatic heterocycles. The molecule has 0 fully saturated rings. The molecular weight excluding hydrogens is 224 g/mol. The first-order chi connectivity index (χ1) is 8.13. The number of hydrogen-bond donors (Lipinski definition) is 3. The number of urea groups is 1. The predicted molar refractivity (Wildman–Crippen MR) is 62.3 cm³/mol. The Morgan fingerprint density at radius 1 is 1.41 bits per heavy atom. The molecule has 6 heteroatoms. The van der Waals surface area contributed by atoms with E-state index in [1.165, 1.54) is 19.2 Å². The van der Waals surface area contributed by atoms with E-state index in [9.17, 15) is 9.59 Å². The minimum absolute atomic E-state index is 0.125. The minimum Gasteiger partial charge on any atom is -0.478 e. The summed E-state index contributed by atoms with van der Waals surface area (Å²) < 4.78 is 4.77. The van der Waals surface area contributed by atoms with Crippen LogP contribution in [0.1, 0.15) is 10.4 Å². The van der Waals surface area contributed by atoms with Crippen molar-refractivity contribution in [3.63, 3.8) is 0 Å². The zero-order valence-electron chi connectivity index (χ0n) is 9.40. The Labute approximate surface area is 98.6 Å². The second-order valence-electron chi connectivity index (χ2n) is 3.26. The lowest BCUT2D eigenvalue weighted by Gasteiger charge is -2.07. The fourth-order valence-electron chi connectivity index (χ4n) is 1.17. The van der Waals surface area contributed by atoms with Crippen LogP contribution in [-0.4, -0.2) is 37.4 Å². The number of rotatable bonds is 5. The van der Waals surface area contributed by atoms with Crippen LogP contribution in [-0.2, 0) is 4.74 Å². The second kappa shape index (κ2) is 6.49. The molecule has 92 valence electrons. The molecule has 0 atom stereocenters. The number of ether oxygens (including phenoxy) is 1. The van der Waals surface area contributed by atoms with Crippen LogP contribution >= 0.6 is 0 Å². The van der Waals surface area contributed by atoms with E-state index in [-0.39, 0.29) is 5.56 Å². The molecule has 0 heterocycles. The number of amides is 2. The summed E-state index contributed by atoms with van der Waals surface area (Å²) >= 11 is 0. The van der Waals surface area contributed by atoms with E-state index >= 15 is 0 Å². The van der Waals surface area contributed by atoms with Gasteiger partial charge in [0.2, 0.25) is 0 Å². The summed E-state index contributed by atoms with van der Waals surface area (Å²) in [5.74, 6) is -1.03. The van der Waals surface area contributed by atoms with Gasteiger partial charge in [-0.3, -0.25) is 0 Å². The van der Waals surface area contributed by atoms with Crippen LogP contribution in [0.15, 0.2) is 24.3 Å². The molecule has 0 aliphatic rings. The van der Waals surface area contributed by atoms with Crippen molar-refractivity contribution in [1.29, 1.82) is 0 Å². The van der Waals surface area contributed by atoms with Crippen molar-refractivity contribution in [2.75, 3.05) is 25.6 Å². The van der Waals surface area contributed by atoms with Crippen molar-refractivity contribution in [3.8, 4) is 0 Å². The number of aromatic carboxylic acids is 1. The van der Waals surface area contributed by atoms with Gasteiger partial charge < -0.3 is 20.5 Å². The van der Waals surface area contributed by atoms with Crippen molar-refractivity contribution in [1.82, 2.24) is 5.32 Å². The molecule has 0 bridgehead atoms. The van der Waals surface area contributed by atoms with E-state index < -0.39 is 12.0 Å². The predicted octanol–water partition coefficient (Wildman–Crippen LogP) is 1.15. The SMILES string of the molecule is COCCNC(=O)Nc1cccc(C(=O)O)c1. The van der Waals surface area contributed by atoms with Gasteiger partial charge in [-0.25, -0.2) is 9.59 Å². The Hall–Kier alpha value is -2.08. The normalized spacial score (nSPS) is 9.71. The van der Waals surface area contributed by atoms with E-state index in [1.807, 2.05) is 0 Å². The maximum absolute atomic E-state index is 11.3. The number of nitrogens with one attached hydrogen (secondary N) is 2. The number of anilines is 1. The summed E-state index contributed by atoms with van der Waals surface area (Å²) in [4.78, 5) is 22.0. The second-order valence-corrected chi connectivity index (χ2v) is 3.26. The first kappa shape index (κ1) is 13.0. The minimum atomic E-state index is -1.03. The molecule has 0 spiro atoms. The number of hydrogen-bond acceptors (Lipinski definition) is 3. The molecule has 0 saturated heterocycles. The first-order valence-corrected chi connectivity index (χ1v) is 5.00. The van der Waals surface area contributed by atoms with Crippen LogP contribution < -0.4 is 10.6 Å². The third-order valence-corrected chi connectivity index (χ3v) is 1.96. The van der Waals surface area contributed by atoms with Gasteiger partial charge in [-0.15, -0.1) is 0 Å². The summed E-state index contributed by atoms with van der Waals surface area (Å²) in [7, 11) is 1.54. The lowest BCUT2D eigenvalue weighted by Crippen LogP contribution is -2.31. The molecule has 0 aliphatic carbocycles. The monoisotopic (exact) mass is 238 g/mol. The van der Waals surface area contributed by atoms with Crippen molar-refractivity contribution in [2.45, 2.75) is 0 Å². The molecule has 1 rings (SSSR count). The number of carboxylic acid groups (broad SMARTS) is 1. The van der Waals surface area contributed by atoms with Gasteiger partial charge >= 0.3 is 12.0 Å². The summed E-state index contributed by atoms with van der Waals surface area (Å²) in [5, 5.41) is 13.9. The molecule has 1 aromatic rings. The average molecular weight is 238 g/mol.